The van der Waals surface area contributed by atoms with Crippen LogP contribution < -0.4 is 5.32 Å². The van der Waals surface area contributed by atoms with Gasteiger partial charge in [-0.1, -0.05) is 48.8 Å². The minimum atomic E-state index is -0.263. The van der Waals surface area contributed by atoms with E-state index in [0.29, 0.717) is 17.4 Å². The van der Waals surface area contributed by atoms with Crippen LogP contribution in [-0.4, -0.2) is 26.3 Å². The smallest absolute Gasteiger partial charge is 0.227 e. The number of carbonyl (C=O) groups is 1. The lowest BCUT2D eigenvalue weighted by Gasteiger charge is -2.32. The number of halogens is 1. The van der Waals surface area contributed by atoms with Gasteiger partial charge in [0.05, 0.1) is 0 Å². The van der Waals surface area contributed by atoms with E-state index in [1.165, 1.54) is 0 Å². The van der Waals surface area contributed by atoms with Crippen molar-refractivity contribution in [2.24, 2.45) is 0 Å². The zero-order valence-electron chi connectivity index (χ0n) is 14.7. The SMILES string of the molecule is CCCCSc1nc2n(n1)[C@@H](c1cccc(Cl)c1)C1=C(CCCC1=O)N2. The van der Waals surface area contributed by atoms with Crippen LogP contribution in [0.3, 0.4) is 0 Å². The molecule has 0 saturated heterocycles. The van der Waals surface area contributed by atoms with E-state index in [1.807, 2.05) is 28.9 Å². The molecule has 0 radical (unpaired) electrons. The highest BCUT2D eigenvalue weighted by molar-refractivity contribution is 7.99. The lowest BCUT2D eigenvalue weighted by molar-refractivity contribution is -0.116. The molecule has 0 spiro atoms. The van der Waals surface area contributed by atoms with Gasteiger partial charge in [0.15, 0.2) is 5.78 Å². The van der Waals surface area contributed by atoms with Crippen molar-refractivity contribution in [2.75, 3.05) is 11.1 Å². The summed E-state index contributed by atoms with van der Waals surface area (Å²) >= 11 is 7.89. The van der Waals surface area contributed by atoms with Gasteiger partial charge >= 0.3 is 0 Å². The van der Waals surface area contributed by atoms with E-state index in [1.54, 1.807) is 11.8 Å². The van der Waals surface area contributed by atoms with Crippen molar-refractivity contribution >= 4 is 35.1 Å². The second-order valence-electron chi connectivity index (χ2n) is 6.62. The average Bonchev–Trinajstić information content (AvgIpc) is 3.02. The van der Waals surface area contributed by atoms with Gasteiger partial charge in [0.1, 0.15) is 6.04 Å². The number of carbonyl (C=O) groups excluding carboxylic acids is 1. The second-order valence-corrected chi connectivity index (χ2v) is 8.11. The van der Waals surface area contributed by atoms with Gasteiger partial charge in [-0.3, -0.25) is 4.79 Å². The number of aromatic nitrogens is 3. The molecule has 5 nitrogen and oxygen atoms in total. The first-order valence-corrected chi connectivity index (χ1v) is 10.4. The molecule has 0 bridgehead atoms. The van der Waals surface area contributed by atoms with Crippen LogP contribution in [0.1, 0.15) is 50.6 Å². The van der Waals surface area contributed by atoms with Crippen LogP contribution in [0, 0.1) is 0 Å². The highest BCUT2D eigenvalue weighted by Gasteiger charge is 2.36. The van der Waals surface area contributed by atoms with Crippen LogP contribution in [0.4, 0.5) is 5.95 Å². The van der Waals surface area contributed by atoms with Crippen molar-refractivity contribution in [1.29, 1.82) is 0 Å². The molecule has 0 unspecified atom stereocenters. The minimum Gasteiger partial charge on any atom is -0.328 e. The molecule has 1 aromatic carbocycles. The number of nitrogens with one attached hydrogen (secondary N) is 1. The Bertz CT molecular complexity index is 876. The zero-order chi connectivity index (χ0) is 18.1. The Hall–Kier alpha value is -1.79. The number of hydrogen-bond donors (Lipinski definition) is 1. The second kappa shape index (κ2) is 7.45. The van der Waals surface area contributed by atoms with Crippen molar-refractivity contribution in [3.8, 4) is 0 Å². The van der Waals surface area contributed by atoms with Crippen molar-refractivity contribution in [3.63, 3.8) is 0 Å². The predicted octanol–water partition coefficient (Wildman–Crippen LogP) is 4.85. The molecular weight excluding hydrogens is 368 g/mol. The molecule has 2 aliphatic rings. The van der Waals surface area contributed by atoms with Crippen LogP contribution in [-0.2, 0) is 4.79 Å². The summed E-state index contributed by atoms with van der Waals surface area (Å²) in [6.45, 7) is 2.17. The van der Waals surface area contributed by atoms with Gasteiger partial charge in [0.25, 0.3) is 0 Å². The quantitative estimate of drug-likeness (QED) is 0.586. The molecule has 0 amide bonds. The Morgan fingerprint density at radius 2 is 2.27 bits per heavy atom. The monoisotopic (exact) mass is 388 g/mol. The van der Waals surface area contributed by atoms with E-state index in [-0.39, 0.29) is 11.8 Å². The highest BCUT2D eigenvalue weighted by Crippen LogP contribution is 2.40. The molecule has 136 valence electrons. The Morgan fingerprint density at radius 1 is 1.38 bits per heavy atom. The van der Waals surface area contributed by atoms with E-state index >= 15 is 0 Å². The number of unbranched alkanes of at least 4 members (excludes halogenated alkanes) is 1. The van der Waals surface area contributed by atoms with Gasteiger partial charge in [0.2, 0.25) is 11.1 Å². The predicted molar refractivity (Wildman–Crippen MR) is 105 cm³/mol. The number of thioether (sulfide) groups is 1. The molecule has 0 fully saturated rings. The molecule has 4 rings (SSSR count). The fourth-order valence-corrected chi connectivity index (χ4v) is 4.60. The number of anilines is 1. The summed E-state index contributed by atoms with van der Waals surface area (Å²) in [6.07, 6.45) is 4.60. The van der Waals surface area contributed by atoms with Crippen LogP contribution in [0.5, 0.6) is 0 Å². The van der Waals surface area contributed by atoms with Crippen LogP contribution >= 0.6 is 23.4 Å². The lowest BCUT2D eigenvalue weighted by atomic mass is 9.85. The lowest BCUT2D eigenvalue weighted by Crippen LogP contribution is -2.31. The number of allylic oxidation sites excluding steroid dienone is 2. The standard InChI is InChI=1S/C19H21ClN4OS/c1-2-3-10-26-19-22-18-21-14-8-5-9-15(25)16(14)17(24(18)23-19)12-6-4-7-13(20)11-12/h4,6-7,11,17H,2-3,5,8-10H2,1H3,(H,21,22,23)/t17-/m0/s1. The Balaban J connectivity index is 1.77. The zero-order valence-corrected chi connectivity index (χ0v) is 16.2. The van der Waals surface area contributed by atoms with Gasteiger partial charge in [-0.05, 0) is 37.0 Å². The van der Waals surface area contributed by atoms with Crippen LogP contribution in [0.15, 0.2) is 40.7 Å². The Labute approximate surface area is 162 Å². The summed E-state index contributed by atoms with van der Waals surface area (Å²) in [7, 11) is 0. The Kier molecular flexibility index (Phi) is 5.05. The van der Waals surface area contributed by atoms with E-state index in [2.05, 4.69) is 17.2 Å². The van der Waals surface area contributed by atoms with Crippen LogP contribution in [0.2, 0.25) is 5.02 Å². The molecule has 1 aliphatic heterocycles. The fraction of sp³-hybridized carbons (Fsp3) is 0.421. The summed E-state index contributed by atoms with van der Waals surface area (Å²) in [5, 5.41) is 9.48. The third kappa shape index (κ3) is 3.28. The van der Waals surface area contributed by atoms with Gasteiger partial charge in [-0.25, -0.2) is 4.68 Å². The number of hydrogen-bond acceptors (Lipinski definition) is 5. The third-order valence-corrected chi connectivity index (χ3v) is 5.90. The first-order chi connectivity index (χ1) is 12.7. The molecular formula is C19H21ClN4OS. The van der Waals surface area contributed by atoms with Crippen LogP contribution in [0.25, 0.3) is 0 Å². The van der Waals surface area contributed by atoms with Gasteiger partial charge < -0.3 is 5.32 Å². The van der Waals surface area contributed by atoms with Gasteiger partial charge in [-0.2, -0.15) is 4.98 Å². The maximum Gasteiger partial charge on any atom is 0.227 e. The Morgan fingerprint density at radius 3 is 3.08 bits per heavy atom. The summed E-state index contributed by atoms with van der Waals surface area (Å²) in [5.74, 6) is 1.89. The van der Waals surface area contributed by atoms with E-state index in [0.717, 1.165) is 53.4 Å². The molecule has 0 saturated carbocycles. The number of nitrogens with zero attached hydrogens (tertiary/aromatic N) is 3. The fourth-order valence-electron chi connectivity index (χ4n) is 3.49. The van der Waals surface area contributed by atoms with Crippen molar-refractivity contribution in [3.05, 3.63) is 46.1 Å². The van der Waals surface area contributed by atoms with E-state index in [9.17, 15) is 4.79 Å². The first kappa shape index (κ1) is 17.6. The molecule has 2 heterocycles. The summed E-state index contributed by atoms with van der Waals surface area (Å²) in [4.78, 5) is 17.4. The molecule has 1 N–H and O–H groups in total. The normalized spacial score (nSPS) is 19.2. The third-order valence-electron chi connectivity index (χ3n) is 4.74. The molecule has 1 atom stereocenters. The first-order valence-electron chi connectivity index (χ1n) is 9.05. The van der Waals surface area contributed by atoms with Gasteiger partial charge in [-0.15, -0.1) is 5.10 Å². The maximum atomic E-state index is 12.7. The molecule has 2 aromatic rings. The molecule has 1 aromatic heterocycles. The summed E-state index contributed by atoms with van der Waals surface area (Å²) in [6, 6.07) is 7.42. The number of ketones is 1. The number of benzene rings is 1. The van der Waals surface area contributed by atoms with Crippen molar-refractivity contribution < 1.29 is 4.79 Å². The largest absolute Gasteiger partial charge is 0.328 e. The minimum absolute atomic E-state index is 0.185. The van der Waals surface area contributed by atoms with Gasteiger partial charge in [0, 0.05) is 28.5 Å². The topological polar surface area (TPSA) is 59.8 Å². The number of fused-ring (bicyclic) bond motifs is 1. The van der Waals surface area contributed by atoms with E-state index in [4.69, 9.17) is 16.7 Å². The molecule has 7 heteroatoms. The molecule has 1 aliphatic carbocycles. The molecule has 26 heavy (non-hydrogen) atoms. The van der Waals surface area contributed by atoms with Crippen molar-refractivity contribution in [2.45, 2.75) is 50.2 Å². The highest BCUT2D eigenvalue weighted by atomic mass is 35.5. The number of Topliss-reactive ketones (excluding diaryl/α,β-unsaturated/α-hetero) is 1. The average molecular weight is 389 g/mol. The van der Waals surface area contributed by atoms with Crippen molar-refractivity contribution in [1.82, 2.24) is 14.8 Å². The summed E-state index contributed by atoms with van der Waals surface area (Å²) < 4.78 is 1.85. The maximum absolute atomic E-state index is 12.7. The van der Waals surface area contributed by atoms with E-state index < -0.39 is 0 Å². The summed E-state index contributed by atoms with van der Waals surface area (Å²) in [5.41, 5.74) is 2.76. The number of rotatable bonds is 5.